The van der Waals surface area contributed by atoms with Crippen LogP contribution < -0.4 is 10.2 Å². The van der Waals surface area contributed by atoms with Crippen LogP contribution in [0, 0.1) is 11.8 Å². The molecule has 3 aromatic carbocycles. The van der Waals surface area contributed by atoms with Crippen molar-refractivity contribution >= 4 is 29.4 Å². The standard InChI is InChI=1S/C31H30N2O5/c1-20(21-9-4-2-5-10-21)32-28(34)19-38-31(37)24-13-8-14-25(17-24)33-29(35)26-16-15-23(18-27(26)30(33)36)22-11-6-3-7-12-22/h2-14,17,20,23,26-27H,15-16,18-19H2,1H3,(H,32,34)/t20-,23-,26+,27+/m0/s1. The highest BCUT2D eigenvalue weighted by Gasteiger charge is 2.50. The monoisotopic (exact) mass is 510 g/mol. The van der Waals surface area contributed by atoms with Crippen molar-refractivity contribution in [1.82, 2.24) is 5.32 Å². The number of imide groups is 1. The summed E-state index contributed by atoms with van der Waals surface area (Å²) < 4.78 is 5.22. The van der Waals surface area contributed by atoms with Gasteiger partial charge in [-0.25, -0.2) is 4.79 Å². The quantitative estimate of drug-likeness (QED) is 0.364. The summed E-state index contributed by atoms with van der Waals surface area (Å²) in [7, 11) is 0. The number of amides is 3. The third kappa shape index (κ3) is 5.23. The second-order valence-corrected chi connectivity index (χ2v) is 9.97. The first-order valence-electron chi connectivity index (χ1n) is 13.0. The molecule has 5 rings (SSSR count). The maximum absolute atomic E-state index is 13.4. The summed E-state index contributed by atoms with van der Waals surface area (Å²) in [6, 6.07) is 25.6. The molecule has 0 unspecified atom stereocenters. The van der Waals surface area contributed by atoms with E-state index < -0.39 is 18.5 Å². The molecule has 4 atom stereocenters. The summed E-state index contributed by atoms with van der Waals surface area (Å²) in [6.07, 6.45) is 2.15. The smallest absolute Gasteiger partial charge is 0.338 e. The van der Waals surface area contributed by atoms with Gasteiger partial charge >= 0.3 is 5.97 Å². The van der Waals surface area contributed by atoms with Crippen LogP contribution in [-0.4, -0.2) is 30.3 Å². The van der Waals surface area contributed by atoms with E-state index in [2.05, 4.69) is 17.4 Å². The molecule has 0 spiro atoms. The van der Waals surface area contributed by atoms with Gasteiger partial charge in [0.25, 0.3) is 5.91 Å². The minimum Gasteiger partial charge on any atom is -0.452 e. The maximum atomic E-state index is 13.4. The molecule has 0 radical (unpaired) electrons. The third-order valence-corrected chi connectivity index (χ3v) is 7.55. The third-order valence-electron chi connectivity index (χ3n) is 7.55. The fourth-order valence-corrected chi connectivity index (χ4v) is 5.56. The van der Waals surface area contributed by atoms with E-state index in [1.165, 1.54) is 16.5 Å². The van der Waals surface area contributed by atoms with Gasteiger partial charge in [0.1, 0.15) is 0 Å². The number of hydrogen-bond acceptors (Lipinski definition) is 5. The largest absolute Gasteiger partial charge is 0.452 e. The average molecular weight is 511 g/mol. The van der Waals surface area contributed by atoms with Gasteiger partial charge < -0.3 is 10.1 Å². The summed E-state index contributed by atoms with van der Waals surface area (Å²) in [5, 5.41) is 2.80. The summed E-state index contributed by atoms with van der Waals surface area (Å²) in [5.74, 6) is -2.03. The van der Waals surface area contributed by atoms with E-state index in [1.54, 1.807) is 18.2 Å². The zero-order valence-electron chi connectivity index (χ0n) is 21.2. The molecule has 0 aromatic heterocycles. The highest BCUT2D eigenvalue weighted by Crippen LogP contribution is 2.45. The molecule has 194 valence electrons. The molecule has 3 aromatic rings. The lowest BCUT2D eigenvalue weighted by molar-refractivity contribution is -0.125. The first kappa shape index (κ1) is 25.4. The summed E-state index contributed by atoms with van der Waals surface area (Å²) in [6.45, 7) is 1.41. The van der Waals surface area contributed by atoms with Gasteiger partial charge in [-0.05, 0) is 61.4 Å². The number of esters is 1. The Bertz CT molecular complexity index is 1340. The Morgan fingerprint density at radius 2 is 1.58 bits per heavy atom. The van der Waals surface area contributed by atoms with E-state index in [9.17, 15) is 19.2 Å². The van der Waals surface area contributed by atoms with E-state index >= 15 is 0 Å². The Hall–Kier alpha value is -4.26. The second-order valence-electron chi connectivity index (χ2n) is 9.97. The molecular weight excluding hydrogens is 480 g/mol. The minimum absolute atomic E-state index is 0.170. The van der Waals surface area contributed by atoms with Gasteiger partial charge in [0.2, 0.25) is 11.8 Å². The lowest BCUT2D eigenvalue weighted by atomic mass is 9.73. The van der Waals surface area contributed by atoms with Gasteiger partial charge in [-0.3, -0.25) is 19.3 Å². The van der Waals surface area contributed by atoms with Crippen LogP contribution in [0.15, 0.2) is 84.9 Å². The molecule has 0 bridgehead atoms. The number of ether oxygens (including phenoxy) is 1. The lowest BCUT2D eigenvalue weighted by Crippen LogP contribution is -2.31. The van der Waals surface area contributed by atoms with Crippen LogP contribution >= 0.6 is 0 Å². The predicted octanol–water partition coefficient (Wildman–Crippen LogP) is 4.79. The molecule has 3 amide bonds. The van der Waals surface area contributed by atoms with Crippen molar-refractivity contribution in [3.63, 3.8) is 0 Å². The average Bonchev–Trinajstić information content (AvgIpc) is 3.21. The van der Waals surface area contributed by atoms with E-state index in [0.29, 0.717) is 18.5 Å². The highest BCUT2D eigenvalue weighted by molar-refractivity contribution is 6.22. The minimum atomic E-state index is -0.699. The molecule has 1 aliphatic carbocycles. The molecule has 7 nitrogen and oxygen atoms in total. The number of carbonyl (C=O) groups excluding carboxylic acids is 4. The molecule has 2 fully saturated rings. The van der Waals surface area contributed by atoms with Crippen LogP contribution in [-0.2, 0) is 19.1 Å². The van der Waals surface area contributed by atoms with Crippen molar-refractivity contribution in [2.75, 3.05) is 11.5 Å². The zero-order chi connectivity index (χ0) is 26.6. The molecule has 1 saturated carbocycles. The molecular formula is C31H30N2O5. The number of hydrogen-bond donors (Lipinski definition) is 1. The Labute approximate surface area is 221 Å². The Morgan fingerprint density at radius 1 is 0.895 bits per heavy atom. The van der Waals surface area contributed by atoms with Crippen molar-refractivity contribution in [2.45, 2.75) is 38.1 Å². The maximum Gasteiger partial charge on any atom is 0.338 e. The van der Waals surface area contributed by atoms with Crippen LogP contribution in [0.5, 0.6) is 0 Å². The number of rotatable bonds is 7. The molecule has 7 heteroatoms. The van der Waals surface area contributed by atoms with Gasteiger partial charge in [0, 0.05) is 0 Å². The zero-order valence-corrected chi connectivity index (χ0v) is 21.2. The van der Waals surface area contributed by atoms with E-state index in [1.807, 2.05) is 55.5 Å². The highest BCUT2D eigenvalue weighted by atomic mass is 16.5. The fraction of sp³-hybridized carbons (Fsp3) is 0.290. The molecule has 38 heavy (non-hydrogen) atoms. The van der Waals surface area contributed by atoms with Crippen molar-refractivity contribution in [3.8, 4) is 0 Å². The van der Waals surface area contributed by atoms with Crippen LogP contribution in [0.25, 0.3) is 0 Å². The number of benzene rings is 3. The van der Waals surface area contributed by atoms with E-state index in [-0.39, 0.29) is 41.2 Å². The second kappa shape index (κ2) is 11.0. The summed E-state index contributed by atoms with van der Waals surface area (Å²) >= 11 is 0. The summed E-state index contributed by atoms with van der Waals surface area (Å²) in [5.41, 5.74) is 2.65. The van der Waals surface area contributed by atoms with Crippen LogP contribution in [0.2, 0.25) is 0 Å². The predicted molar refractivity (Wildman–Crippen MR) is 142 cm³/mol. The Balaban J connectivity index is 1.22. The fourth-order valence-electron chi connectivity index (χ4n) is 5.56. The van der Waals surface area contributed by atoms with E-state index in [4.69, 9.17) is 4.74 Å². The van der Waals surface area contributed by atoms with Crippen molar-refractivity contribution in [1.29, 1.82) is 0 Å². The Kier molecular flexibility index (Phi) is 7.36. The lowest BCUT2D eigenvalue weighted by Gasteiger charge is -2.28. The summed E-state index contributed by atoms with van der Waals surface area (Å²) in [4.78, 5) is 52.8. The number of carbonyl (C=O) groups is 4. The van der Waals surface area contributed by atoms with Crippen LogP contribution in [0.4, 0.5) is 5.69 Å². The van der Waals surface area contributed by atoms with Gasteiger partial charge in [-0.15, -0.1) is 0 Å². The molecule has 1 aliphatic heterocycles. The SMILES string of the molecule is C[C@H](NC(=O)COC(=O)c1cccc(N2C(=O)[C@@H]3CC[C@H](c4ccccc4)C[C@H]3C2=O)c1)c1ccccc1. The van der Waals surface area contributed by atoms with Gasteiger partial charge in [-0.2, -0.15) is 0 Å². The van der Waals surface area contributed by atoms with Gasteiger partial charge in [-0.1, -0.05) is 66.7 Å². The van der Waals surface area contributed by atoms with E-state index in [0.717, 1.165) is 12.0 Å². The number of nitrogens with one attached hydrogen (secondary N) is 1. The van der Waals surface area contributed by atoms with Crippen LogP contribution in [0.1, 0.15) is 59.6 Å². The first-order chi connectivity index (χ1) is 18.4. The topological polar surface area (TPSA) is 92.8 Å². The van der Waals surface area contributed by atoms with Gasteiger partial charge in [0.05, 0.1) is 29.1 Å². The van der Waals surface area contributed by atoms with Crippen molar-refractivity contribution < 1.29 is 23.9 Å². The van der Waals surface area contributed by atoms with Crippen molar-refractivity contribution in [2.24, 2.45) is 11.8 Å². The molecule has 1 heterocycles. The number of nitrogens with zero attached hydrogens (tertiary/aromatic N) is 1. The number of fused-ring (bicyclic) bond motifs is 1. The first-order valence-corrected chi connectivity index (χ1v) is 13.0. The molecule has 1 N–H and O–H groups in total. The van der Waals surface area contributed by atoms with Gasteiger partial charge in [0.15, 0.2) is 6.61 Å². The Morgan fingerprint density at radius 3 is 2.32 bits per heavy atom. The van der Waals surface area contributed by atoms with Crippen molar-refractivity contribution in [3.05, 3.63) is 102 Å². The number of anilines is 1. The molecule has 2 aliphatic rings. The molecule has 1 saturated heterocycles. The normalized spacial score (nSPS) is 21.5. The van der Waals surface area contributed by atoms with Crippen LogP contribution in [0.3, 0.4) is 0 Å².